The number of aryl methyl sites for hydroxylation is 1. The third-order valence-electron chi connectivity index (χ3n) is 2.96. The third-order valence-corrected chi connectivity index (χ3v) is 2.96. The van der Waals surface area contributed by atoms with E-state index in [4.69, 9.17) is 4.52 Å². The van der Waals surface area contributed by atoms with E-state index in [1.807, 2.05) is 38.1 Å². The number of carbonyl (C=O) groups excluding carboxylic acids is 1. The summed E-state index contributed by atoms with van der Waals surface area (Å²) in [5.74, 6) is 1.07. The summed E-state index contributed by atoms with van der Waals surface area (Å²) >= 11 is 0. The van der Waals surface area contributed by atoms with Crippen molar-refractivity contribution in [1.29, 1.82) is 0 Å². The molecule has 0 aliphatic carbocycles. The van der Waals surface area contributed by atoms with E-state index in [9.17, 15) is 4.79 Å². The Balaban J connectivity index is 2.07. The normalized spacial score (nSPS) is 10.3. The Morgan fingerprint density at radius 3 is 2.40 bits per heavy atom. The van der Waals surface area contributed by atoms with Gasteiger partial charge in [0.2, 0.25) is 0 Å². The van der Waals surface area contributed by atoms with Gasteiger partial charge in [-0.25, -0.2) is 4.79 Å². The standard InChI is InChI=1S/C14H18N4O2/c1-4-18(5-2)14(19)16-12-8-6-11(7-9-12)13-15-10(3)17-20-13/h6-9H,4-5H2,1-3H3,(H,16,19). The number of carbonyl (C=O) groups is 1. The van der Waals surface area contributed by atoms with E-state index in [0.29, 0.717) is 24.8 Å². The lowest BCUT2D eigenvalue weighted by molar-refractivity contribution is 0.217. The Morgan fingerprint density at radius 2 is 1.90 bits per heavy atom. The molecular formula is C14H18N4O2. The predicted molar refractivity (Wildman–Crippen MR) is 76.4 cm³/mol. The first-order valence-corrected chi connectivity index (χ1v) is 6.60. The number of nitrogens with one attached hydrogen (secondary N) is 1. The van der Waals surface area contributed by atoms with Crippen molar-refractivity contribution in [1.82, 2.24) is 15.0 Å². The highest BCUT2D eigenvalue weighted by Gasteiger charge is 2.10. The molecule has 0 aliphatic rings. The molecule has 106 valence electrons. The molecule has 0 saturated heterocycles. The average molecular weight is 274 g/mol. The highest BCUT2D eigenvalue weighted by Crippen LogP contribution is 2.19. The van der Waals surface area contributed by atoms with E-state index >= 15 is 0 Å². The van der Waals surface area contributed by atoms with Gasteiger partial charge < -0.3 is 14.7 Å². The molecule has 2 amide bonds. The monoisotopic (exact) mass is 274 g/mol. The summed E-state index contributed by atoms with van der Waals surface area (Å²) in [5, 5.41) is 6.59. The third kappa shape index (κ3) is 3.14. The lowest BCUT2D eigenvalue weighted by Crippen LogP contribution is -2.34. The largest absolute Gasteiger partial charge is 0.334 e. The first kappa shape index (κ1) is 14.0. The van der Waals surface area contributed by atoms with Crippen molar-refractivity contribution >= 4 is 11.7 Å². The van der Waals surface area contributed by atoms with Gasteiger partial charge in [0, 0.05) is 24.3 Å². The van der Waals surface area contributed by atoms with Crippen molar-refractivity contribution in [3.8, 4) is 11.5 Å². The molecule has 1 aromatic carbocycles. The van der Waals surface area contributed by atoms with Gasteiger partial charge in [-0.15, -0.1) is 0 Å². The van der Waals surface area contributed by atoms with Crippen LogP contribution in [0.4, 0.5) is 10.5 Å². The van der Waals surface area contributed by atoms with Crippen molar-refractivity contribution < 1.29 is 9.32 Å². The van der Waals surface area contributed by atoms with Crippen LogP contribution in [0.1, 0.15) is 19.7 Å². The summed E-state index contributed by atoms with van der Waals surface area (Å²) in [7, 11) is 0. The molecule has 0 spiro atoms. The molecule has 20 heavy (non-hydrogen) atoms. The second kappa shape index (κ2) is 6.18. The first-order chi connectivity index (χ1) is 9.63. The molecule has 2 rings (SSSR count). The van der Waals surface area contributed by atoms with E-state index in [0.717, 1.165) is 11.3 Å². The van der Waals surface area contributed by atoms with Crippen LogP contribution in [0.3, 0.4) is 0 Å². The highest BCUT2D eigenvalue weighted by atomic mass is 16.5. The van der Waals surface area contributed by atoms with Crippen LogP contribution in [-0.4, -0.2) is 34.2 Å². The molecule has 1 aromatic heterocycles. The zero-order chi connectivity index (χ0) is 14.5. The summed E-state index contributed by atoms with van der Waals surface area (Å²) in [6.45, 7) is 7.03. The summed E-state index contributed by atoms with van der Waals surface area (Å²) < 4.78 is 5.09. The van der Waals surface area contributed by atoms with Gasteiger partial charge in [0.15, 0.2) is 5.82 Å². The molecule has 0 saturated carbocycles. The molecule has 2 aromatic rings. The summed E-state index contributed by atoms with van der Waals surface area (Å²) in [5.41, 5.74) is 1.56. The smallest absolute Gasteiger partial charge is 0.321 e. The first-order valence-electron chi connectivity index (χ1n) is 6.60. The Kier molecular flexibility index (Phi) is 4.34. The molecular weight excluding hydrogens is 256 g/mol. The maximum Gasteiger partial charge on any atom is 0.321 e. The Labute approximate surface area is 117 Å². The van der Waals surface area contributed by atoms with Crippen LogP contribution in [0.25, 0.3) is 11.5 Å². The SMILES string of the molecule is CCN(CC)C(=O)Nc1ccc(-c2nc(C)no2)cc1. The van der Waals surface area contributed by atoms with Crippen molar-refractivity contribution in [2.75, 3.05) is 18.4 Å². The molecule has 0 bridgehead atoms. The lowest BCUT2D eigenvalue weighted by Gasteiger charge is -2.19. The van der Waals surface area contributed by atoms with Gasteiger partial charge in [0.25, 0.3) is 5.89 Å². The van der Waals surface area contributed by atoms with Crippen LogP contribution in [0, 0.1) is 6.92 Å². The average Bonchev–Trinajstić information content (AvgIpc) is 2.87. The van der Waals surface area contributed by atoms with E-state index < -0.39 is 0 Å². The van der Waals surface area contributed by atoms with E-state index in [2.05, 4.69) is 15.5 Å². The van der Waals surface area contributed by atoms with Crippen LogP contribution in [-0.2, 0) is 0 Å². The molecule has 1 N–H and O–H groups in total. The van der Waals surface area contributed by atoms with Crippen molar-refractivity contribution in [3.63, 3.8) is 0 Å². The fraction of sp³-hybridized carbons (Fsp3) is 0.357. The number of rotatable bonds is 4. The summed E-state index contributed by atoms with van der Waals surface area (Å²) in [6.07, 6.45) is 0. The number of urea groups is 1. The van der Waals surface area contributed by atoms with Gasteiger partial charge in [0.05, 0.1) is 0 Å². The van der Waals surface area contributed by atoms with Crippen LogP contribution in [0.2, 0.25) is 0 Å². The zero-order valence-electron chi connectivity index (χ0n) is 11.9. The number of anilines is 1. The number of hydrogen-bond acceptors (Lipinski definition) is 4. The minimum absolute atomic E-state index is 0.101. The van der Waals surface area contributed by atoms with Gasteiger partial charge in [-0.2, -0.15) is 4.98 Å². The second-order valence-electron chi connectivity index (χ2n) is 4.33. The maximum atomic E-state index is 11.9. The van der Waals surface area contributed by atoms with Gasteiger partial charge in [0.1, 0.15) is 0 Å². The van der Waals surface area contributed by atoms with E-state index in [-0.39, 0.29) is 6.03 Å². The minimum Gasteiger partial charge on any atom is -0.334 e. The molecule has 6 heteroatoms. The van der Waals surface area contributed by atoms with Gasteiger partial charge in [-0.1, -0.05) is 5.16 Å². The van der Waals surface area contributed by atoms with Gasteiger partial charge in [-0.05, 0) is 45.0 Å². The van der Waals surface area contributed by atoms with Gasteiger partial charge >= 0.3 is 6.03 Å². The molecule has 0 unspecified atom stereocenters. The molecule has 0 aliphatic heterocycles. The quantitative estimate of drug-likeness (QED) is 0.930. The topological polar surface area (TPSA) is 71.3 Å². The lowest BCUT2D eigenvalue weighted by atomic mass is 10.2. The van der Waals surface area contributed by atoms with E-state index in [1.54, 1.807) is 11.8 Å². The Hall–Kier alpha value is -2.37. The predicted octanol–water partition coefficient (Wildman–Crippen LogP) is 2.92. The van der Waals surface area contributed by atoms with Crippen LogP contribution in [0.15, 0.2) is 28.8 Å². The number of amides is 2. The van der Waals surface area contributed by atoms with Crippen LogP contribution in [0.5, 0.6) is 0 Å². The summed E-state index contributed by atoms with van der Waals surface area (Å²) in [4.78, 5) is 17.8. The Morgan fingerprint density at radius 1 is 1.25 bits per heavy atom. The van der Waals surface area contributed by atoms with E-state index in [1.165, 1.54) is 0 Å². The Bertz CT molecular complexity index is 573. The molecule has 0 fully saturated rings. The molecule has 1 heterocycles. The number of hydrogen-bond donors (Lipinski definition) is 1. The summed E-state index contributed by atoms with van der Waals surface area (Å²) in [6, 6.07) is 7.21. The van der Waals surface area contributed by atoms with Gasteiger partial charge in [-0.3, -0.25) is 0 Å². The van der Waals surface area contributed by atoms with Crippen LogP contribution >= 0.6 is 0 Å². The van der Waals surface area contributed by atoms with Crippen molar-refractivity contribution in [3.05, 3.63) is 30.1 Å². The van der Waals surface area contributed by atoms with Crippen molar-refractivity contribution in [2.45, 2.75) is 20.8 Å². The number of nitrogens with zero attached hydrogens (tertiary/aromatic N) is 3. The fourth-order valence-electron chi connectivity index (χ4n) is 1.82. The molecule has 6 nitrogen and oxygen atoms in total. The molecule has 0 radical (unpaired) electrons. The fourth-order valence-corrected chi connectivity index (χ4v) is 1.82. The second-order valence-corrected chi connectivity index (χ2v) is 4.33. The highest BCUT2D eigenvalue weighted by molar-refractivity contribution is 5.89. The number of benzene rings is 1. The number of aromatic nitrogens is 2. The minimum atomic E-state index is -0.101. The van der Waals surface area contributed by atoms with Crippen LogP contribution < -0.4 is 5.32 Å². The zero-order valence-corrected chi connectivity index (χ0v) is 11.9. The van der Waals surface area contributed by atoms with Crippen molar-refractivity contribution in [2.24, 2.45) is 0 Å². The molecule has 0 atom stereocenters. The maximum absolute atomic E-state index is 11.9.